The second-order valence-electron chi connectivity index (χ2n) is 9.75. The smallest absolute Gasteiger partial charge is 0.262 e. The largest absolute Gasteiger partial charge is 0.716 e. The van der Waals surface area contributed by atoms with E-state index in [2.05, 4.69) is 0 Å². The van der Waals surface area contributed by atoms with E-state index in [1.54, 1.807) is 36.4 Å². The van der Waals surface area contributed by atoms with Crippen LogP contribution in [0.15, 0.2) is 84.9 Å². The van der Waals surface area contributed by atoms with Crippen molar-refractivity contribution in [3.05, 3.63) is 84.9 Å². The molecule has 0 aliphatic rings. The lowest BCUT2D eigenvalue weighted by atomic mass is 9.83. The van der Waals surface area contributed by atoms with Crippen LogP contribution in [-0.2, 0) is 20.8 Å². The molecule has 8 nitrogen and oxygen atoms in total. The summed E-state index contributed by atoms with van der Waals surface area (Å²) in [5.74, 6) is -0.107. The minimum atomic E-state index is -5.09. The Morgan fingerprint density at radius 1 is 0.425 bits per heavy atom. The highest BCUT2D eigenvalue weighted by Crippen LogP contribution is 2.51. The van der Waals surface area contributed by atoms with Crippen molar-refractivity contribution >= 4 is 96.2 Å². The van der Waals surface area contributed by atoms with Crippen molar-refractivity contribution in [3.63, 3.8) is 0 Å². The van der Waals surface area contributed by atoms with Crippen LogP contribution >= 0.6 is 0 Å². The molecule has 0 fully saturated rings. The summed E-state index contributed by atoms with van der Waals surface area (Å²) < 4.78 is 80.8. The van der Waals surface area contributed by atoms with Gasteiger partial charge in [-0.05, 0) is 67.4 Å². The Morgan fingerprint density at radius 2 is 0.800 bits per heavy atom. The lowest BCUT2D eigenvalue weighted by Crippen LogP contribution is -2.08. The Morgan fingerprint density at radius 3 is 1.18 bits per heavy atom. The fourth-order valence-electron chi connectivity index (χ4n) is 6.34. The van der Waals surface area contributed by atoms with E-state index in [-0.39, 0.29) is 11.5 Å². The highest BCUT2D eigenvalue weighted by Gasteiger charge is 2.24. The van der Waals surface area contributed by atoms with Crippen LogP contribution in [0.25, 0.3) is 75.4 Å². The van der Waals surface area contributed by atoms with Crippen LogP contribution < -0.4 is 8.37 Å². The second kappa shape index (κ2) is 7.58. The highest BCUT2D eigenvalue weighted by molar-refractivity contribution is 7.81. The standard InChI is InChI=1S/C30H16O8S2/c31-39(32,33)37-29-19-7-3-1-5-17(19)23-13-15-9-12-22-28-24(14-16-10-11-21(29)27(23)25(16)26(15)28)18-6-2-4-8-20(18)30(22)38-40(34,35)36/h1-14H,(H,31,32,33)(H,34,35,36)/p-2. The average molecular weight is 567 g/mol. The summed E-state index contributed by atoms with van der Waals surface area (Å²) >= 11 is 0. The molecular weight excluding hydrogens is 552 g/mol. The summed E-state index contributed by atoms with van der Waals surface area (Å²) in [7, 11) is -10.2. The molecule has 0 aliphatic carbocycles. The first-order chi connectivity index (χ1) is 19.1. The van der Waals surface area contributed by atoms with Gasteiger partial charge in [0.15, 0.2) is 11.5 Å². The number of rotatable bonds is 4. The lowest BCUT2D eigenvalue weighted by Gasteiger charge is -2.22. The van der Waals surface area contributed by atoms with E-state index in [0.717, 1.165) is 32.3 Å². The van der Waals surface area contributed by atoms with Gasteiger partial charge in [0.05, 0.1) is 0 Å². The Hall–Kier alpha value is -4.48. The summed E-state index contributed by atoms with van der Waals surface area (Å²) in [5.41, 5.74) is 0. The fourth-order valence-corrected chi connectivity index (χ4v) is 7.11. The maximum absolute atomic E-state index is 11.8. The van der Waals surface area contributed by atoms with Crippen molar-refractivity contribution in [2.75, 3.05) is 0 Å². The van der Waals surface area contributed by atoms with E-state index >= 15 is 0 Å². The van der Waals surface area contributed by atoms with Crippen molar-refractivity contribution in [1.82, 2.24) is 0 Å². The molecule has 0 bridgehead atoms. The molecule has 8 aromatic carbocycles. The zero-order valence-corrected chi connectivity index (χ0v) is 21.8. The van der Waals surface area contributed by atoms with E-state index < -0.39 is 20.8 Å². The third-order valence-corrected chi connectivity index (χ3v) is 8.39. The van der Waals surface area contributed by atoms with Gasteiger partial charge in [0.2, 0.25) is 0 Å². The van der Waals surface area contributed by atoms with E-state index in [9.17, 15) is 25.9 Å². The molecule has 0 amide bonds. The normalized spacial score (nSPS) is 13.2. The van der Waals surface area contributed by atoms with E-state index in [1.807, 2.05) is 48.5 Å². The first kappa shape index (κ1) is 23.4. The zero-order valence-electron chi connectivity index (χ0n) is 20.2. The number of hydrogen-bond acceptors (Lipinski definition) is 8. The molecule has 0 saturated carbocycles. The summed E-state index contributed by atoms with van der Waals surface area (Å²) in [6.45, 7) is 0. The lowest BCUT2D eigenvalue weighted by molar-refractivity contribution is 0.373. The van der Waals surface area contributed by atoms with E-state index in [4.69, 9.17) is 8.37 Å². The summed E-state index contributed by atoms with van der Waals surface area (Å²) in [6.07, 6.45) is 0. The minimum absolute atomic E-state index is 0.0537. The van der Waals surface area contributed by atoms with Gasteiger partial charge in [0, 0.05) is 32.3 Å². The summed E-state index contributed by atoms with van der Waals surface area (Å²) in [4.78, 5) is 0. The van der Waals surface area contributed by atoms with Gasteiger partial charge in [0.1, 0.15) is 0 Å². The molecule has 0 spiro atoms. The summed E-state index contributed by atoms with van der Waals surface area (Å²) in [5, 5.41) is 9.60. The SMILES string of the molecule is O=S(=O)([O-])Oc1c2ccccc2c2cc3ccc4c(OS(=O)(=O)[O-])c5ccccc5c5cc6ccc1c2c6c3c45. The maximum Gasteiger partial charge on any atom is 0.262 e. The predicted molar refractivity (Wildman–Crippen MR) is 152 cm³/mol. The Labute approximate surface area is 226 Å². The number of hydrogen-bond donors (Lipinski definition) is 0. The molecule has 0 aromatic heterocycles. The average Bonchev–Trinajstić information content (AvgIpc) is 2.91. The Balaban J connectivity index is 1.68. The molecule has 0 atom stereocenters. The molecule has 8 aromatic rings. The molecule has 0 aliphatic heterocycles. The van der Waals surface area contributed by atoms with Crippen LogP contribution in [-0.4, -0.2) is 25.9 Å². The molecule has 0 saturated heterocycles. The van der Waals surface area contributed by atoms with Crippen molar-refractivity contribution in [2.45, 2.75) is 0 Å². The first-order valence-corrected chi connectivity index (χ1v) is 14.8. The van der Waals surface area contributed by atoms with Crippen LogP contribution in [0.5, 0.6) is 11.5 Å². The van der Waals surface area contributed by atoms with Crippen LogP contribution in [0.2, 0.25) is 0 Å². The van der Waals surface area contributed by atoms with Crippen LogP contribution in [0.1, 0.15) is 0 Å². The third kappa shape index (κ3) is 3.18. The molecular formula is C30H14O8S2-2. The van der Waals surface area contributed by atoms with Crippen LogP contribution in [0.3, 0.4) is 0 Å². The predicted octanol–water partition coefficient (Wildman–Crippen LogP) is 6.31. The quantitative estimate of drug-likeness (QED) is 0.105. The summed E-state index contributed by atoms with van der Waals surface area (Å²) in [6, 6.07) is 25.4. The molecule has 40 heavy (non-hydrogen) atoms. The second-order valence-corrected chi connectivity index (χ2v) is 11.7. The van der Waals surface area contributed by atoms with Crippen LogP contribution in [0.4, 0.5) is 0 Å². The molecule has 0 unspecified atom stereocenters. The Bertz CT molecular complexity index is 2410. The van der Waals surface area contributed by atoms with Crippen LogP contribution in [0, 0.1) is 0 Å². The first-order valence-electron chi connectivity index (χ1n) is 12.1. The molecule has 0 radical (unpaired) electrons. The topological polar surface area (TPSA) is 133 Å². The van der Waals surface area contributed by atoms with Gasteiger partial charge in [-0.2, -0.15) is 0 Å². The minimum Gasteiger partial charge on any atom is -0.716 e. The van der Waals surface area contributed by atoms with E-state index in [1.165, 1.54) is 0 Å². The van der Waals surface area contributed by atoms with Gasteiger partial charge in [0.25, 0.3) is 20.8 Å². The van der Waals surface area contributed by atoms with Gasteiger partial charge in [-0.3, -0.25) is 0 Å². The fraction of sp³-hybridized carbons (Fsp3) is 0. The Kier molecular flexibility index (Phi) is 4.44. The van der Waals surface area contributed by atoms with Crippen molar-refractivity contribution in [3.8, 4) is 11.5 Å². The zero-order chi connectivity index (χ0) is 27.6. The highest BCUT2D eigenvalue weighted by atomic mass is 32.3. The number of benzene rings is 8. The maximum atomic E-state index is 11.8. The van der Waals surface area contributed by atoms with Gasteiger partial charge in [-0.1, -0.05) is 60.7 Å². The monoisotopic (exact) mass is 566 g/mol. The molecule has 0 heterocycles. The van der Waals surface area contributed by atoms with Crippen molar-refractivity contribution in [1.29, 1.82) is 0 Å². The van der Waals surface area contributed by atoms with Gasteiger partial charge in [-0.15, -0.1) is 0 Å². The van der Waals surface area contributed by atoms with Gasteiger partial charge in [-0.25, -0.2) is 16.8 Å². The molecule has 196 valence electrons. The van der Waals surface area contributed by atoms with Crippen molar-refractivity contribution < 1.29 is 34.3 Å². The molecule has 10 heteroatoms. The van der Waals surface area contributed by atoms with E-state index in [0.29, 0.717) is 43.1 Å². The van der Waals surface area contributed by atoms with Gasteiger partial charge >= 0.3 is 0 Å². The van der Waals surface area contributed by atoms with Crippen molar-refractivity contribution in [2.24, 2.45) is 0 Å². The van der Waals surface area contributed by atoms with Gasteiger partial charge < -0.3 is 17.5 Å². The third-order valence-electron chi connectivity index (χ3n) is 7.65. The molecule has 8 rings (SSSR count). The molecule has 0 N–H and O–H groups in total. The number of fused-ring (bicyclic) bond motifs is 4.